The third-order valence-corrected chi connectivity index (χ3v) is 6.53. The Labute approximate surface area is 237 Å². The van der Waals surface area contributed by atoms with Crippen LogP contribution in [0.5, 0.6) is 5.75 Å². The van der Waals surface area contributed by atoms with Crippen LogP contribution in [0, 0.1) is 0 Å². The molecular weight excluding hydrogens is 518 g/mol. The number of carbonyl (C=O) groups is 3. The number of methoxy groups -OCH3 is 1. The second-order valence-electron chi connectivity index (χ2n) is 9.63. The molecule has 0 fully saturated rings. The van der Waals surface area contributed by atoms with Gasteiger partial charge in [0.1, 0.15) is 16.9 Å². The third-order valence-electron chi connectivity index (χ3n) is 6.53. The lowest BCUT2D eigenvalue weighted by Gasteiger charge is -2.17. The molecule has 8 nitrogen and oxygen atoms in total. The lowest BCUT2D eigenvalue weighted by Crippen LogP contribution is -2.36. The average Bonchev–Trinajstić information content (AvgIpc) is 3.33. The Morgan fingerprint density at radius 3 is 1.98 bits per heavy atom. The molecule has 0 aliphatic rings. The van der Waals surface area contributed by atoms with Crippen LogP contribution in [-0.4, -0.2) is 35.6 Å². The number of furan rings is 1. The maximum absolute atomic E-state index is 13.2. The van der Waals surface area contributed by atoms with E-state index in [2.05, 4.69) is 10.4 Å². The highest BCUT2D eigenvalue weighted by molar-refractivity contribution is 6.10. The Bertz CT molecular complexity index is 1690. The fourth-order valence-corrected chi connectivity index (χ4v) is 4.59. The van der Waals surface area contributed by atoms with Crippen LogP contribution in [0.1, 0.15) is 24.5 Å². The van der Waals surface area contributed by atoms with E-state index in [1.807, 2.05) is 91.0 Å². The van der Waals surface area contributed by atoms with E-state index in [4.69, 9.17) is 9.15 Å². The molecule has 0 saturated carbocycles. The SMILES string of the molecule is COc1cc2c(cc1NC(=O)C/C(C)=N/N(C(=O)Cc1ccccc1)C(=O)Cc1ccccc1)oc1ccccc12. The molecule has 5 aromatic rings. The van der Waals surface area contributed by atoms with Crippen molar-refractivity contribution in [3.05, 3.63) is 108 Å². The van der Waals surface area contributed by atoms with Crippen molar-refractivity contribution in [2.45, 2.75) is 26.2 Å². The number of imide groups is 1. The van der Waals surface area contributed by atoms with Crippen molar-refractivity contribution in [3.63, 3.8) is 0 Å². The molecule has 0 aliphatic carbocycles. The van der Waals surface area contributed by atoms with Crippen molar-refractivity contribution in [3.8, 4) is 5.75 Å². The maximum Gasteiger partial charge on any atom is 0.254 e. The monoisotopic (exact) mass is 547 g/mol. The van der Waals surface area contributed by atoms with Crippen molar-refractivity contribution in [1.29, 1.82) is 0 Å². The van der Waals surface area contributed by atoms with Gasteiger partial charge in [0.15, 0.2) is 0 Å². The minimum atomic E-state index is -0.478. The molecule has 0 spiro atoms. The highest BCUT2D eigenvalue weighted by Crippen LogP contribution is 2.36. The van der Waals surface area contributed by atoms with Gasteiger partial charge in [-0.1, -0.05) is 78.9 Å². The normalized spacial score (nSPS) is 11.4. The Hall–Kier alpha value is -5.24. The molecule has 0 aliphatic heterocycles. The lowest BCUT2D eigenvalue weighted by atomic mass is 10.1. The second-order valence-corrected chi connectivity index (χ2v) is 9.63. The topological polar surface area (TPSA) is 101 Å². The molecule has 206 valence electrons. The number of nitrogens with one attached hydrogen (secondary N) is 1. The quantitative estimate of drug-likeness (QED) is 0.176. The van der Waals surface area contributed by atoms with E-state index in [1.54, 1.807) is 13.0 Å². The number of hydrogen-bond donors (Lipinski definition) is 1. The van der Waals surface area contributed by atoms with Gasteiger partial charge in [0.05, 0.1) is 32.1 Å². The zero-order valence-electron chi connectivity index (χ0n) is 22.8. The van der Waals surface area contributed by atoms with Crippen LogP contribution in [0.3, 0.4) is 0 Å². The van der Waals surface area contributed by atoms with Crippen molar-refractivity contribution < 1.29 is 23.5 Å². The van der Waals surface area contributed by atoms with E-state index in [-0.39, 0.29) is 25.2 Å². The summed E-state index contributed by atoms with van der Waals surface area (Å²) in [5.74, 6) is -0.863. The van der Waals surface area contributed by atoms with Gasteiger partial charge in [0.25, 0.3) is 11.8 Å². The number of hydrogen-bond acceptors (Lipinski definition) is 6. The van der Waals surface area contributed by atoms with E-state index < -0.39 is 11.8 Å². The molecule has 41 heavy (non-hydrogen) atoms. The first-order chi connectivity index (χ1) is 19.9. The molecule has 1 heterocycles. The number of amides is 3. The number of fused-ring (bicyclic) bond motifs is 3. The average molecular weight is 548 g/mol. The number of benzene rings is 4. The van der Waals surface area contributed by atoms with Crippen molar-refractivity contribution >= 4 is 51.1 Å². The number of nitrogens with zero attached hydrogens (tertiary/aromatic N) is 2. The fourth-order valence-electron chi connectivity index (χ4n) is 4.59. The largest absolute Gasteiger partial charge is 0.495 e. The molecule has 3 amide bonds. The first-order valence-corrected chi connectivity index (χ1v) is 13.2. The lowest BCUT2D eigenvalue weighted by molar-refractivity contribution is -0.144. The summed E-state index contributed by atoms with van der Waals surface area (Å²) in [6.45, 7) is 1.61. The highest BCUT2D eigenvalue weighted by atomic mass is 16.5. The first kappa shape index (κ1) is 27.3. The number of hydrazone groups is 1. The summed E-state index contributed by atoms with van der Waals surface area (Å²) in [7, 11) is 1.53. The molecule has 1 aromatic heterocycles. The van der Waals surface area contributed by atoms with Gasteiger partial charge < -0.3 is 14.5 Å². The van der Waals surface area contributed by atoms with Gasteiger partial charge in [-0.25, -0.2) is 0 Å². The van der Waals surface area contributed by atoms with Gasteiger partial charge in [-0.05, 0) is 30.2 Å². The number of rotatable bonds is 9. The van der Waals surface area contributed by atoms with Crippen LogP contribution in [0.15, 0.2) is 107 Å². The zero-order valence-corrected chi connectivity index (χ0v) is 22.8. The summed E-state index contributed by atoms with van der Waals surface area (Å²) in [5.41, 5.74) is 3.60. The van der Waals surface area contributed by atoms with Gasteiger partial charge >= 0.3 is 0 Å². The predicted octanol–water partition coefficient (Wildman–Crippen LogP) is 6.14. The van der Waals surface area contributed by atoms with Crippen LogP contribution >= 0.6 is 0 Å². The number of anilines is 1. The molecule has 0 unspecified atom stereocenters. The first-order valence-electron chi connectivity index (χ1n) is 13.2. The summed E-state index contributed by atoms with van der Waals surface area (Å²) in [5, 5.41) is 9.86. The Balaban J connectivity index is 1.35. The van der Waals surface area contributed by atoms with Crippen LogP contribution in [0.25, 0.3) is 21.9 Å². The van der Waals surface area contributed by atoms with Crippen LogP contribution in [0.4, 0.5) is 5.69 Å². The van der Waals surface area contributed by atoms with E-state index in [0.29, 0.717) is 22.7 Å². The van der Waals surface area contributed by atoms with E-state index in [0.717, 1.165) is 32.5 Å². The van der Waals surface area contributed by atoms with Crippen molar-refractivity contribution in [2.75, 3.05) is 12.4 Å². The number of carbonyl (C=O) groups excluding carboxylic acids is 3. The van der Waals surface area contributed by atoms with Crippen LogP contribution in [-0.2, 0) is 27.2 Å². The van der Waals surface area contributed by atoms with E-state index in [9.17, 15) is 14.4 Å². The third kappa shape index (κ3) is 6.50. The highest BCUT2D eigenvalue weighted by Gasteiger charge is 2.23. The molecule has 1 N–H and O–H groups in total. The summed E-state index contributed by atoms with van der Waals surface area (Å²) < 4.78 is 11.5. The van der Waals surface area contributed by atoms with Crippen LogP contribution < -0.4 is 10.1 Å². The minimum absolute atomic E-state index is 0.000933. The molecular formula is C33H29N3O5. The molecule has 4 aromatic carbocycles. The molecule has 5 rings (SSSR count). The number of ether oxygens (including phenoxy) is 1. The minimum Gasteiger partial charge on any atom is -0.495 e. The molecule has 0 bridgehead atoms. The predicted molar refractivity (Wildman–Crippen MR) is 159 cm³/mol. The smallest absolute Gasteiger partial charge is 0.254 e. The van der Waals surface area contributed by atoms with Crippen molar-refractivity contribution in [1.82, 2.24) is 5.01 Å². The van der Waals surface area contributed by atoms with Gasteiger partial charge in [-0.2, -0.15) is 10.1 Å². The standard InChI is InChI=1S/C33H29N3O5/c1-22(17-31(37)34-27-21-29-26(20-30(27)40-2)25-15-9-10-16-28(25)41-29)35-36(32(38)18-23-11-5-3-6-12-23)33(39)19-24-13-7-4-8-14-24/h3-16,20-21H,17-19H2,1-2H3,(H,34,37)/b35-22+. The van der Waals surface area contributed by atoms with Gasteiger partial charge in [0.2, 0.25) is 5.91 Å². The molecule has 0 radical (unpaired) electrons. The van der Waals surface area contributed by atoms with Crippen molar-refractivity contribution in [2.24, 2.45) is 5.10 Å². The summed E-state index contributed by atoms with van der Waals surface area (Å²) in [6.07, 6.45) is -0.146. The zero-order chi connectivity index (χ0) is 28.8. The maximum atomic E-state index is 13.2. The van der Waals surface area contributed by atoms with E-state index in [1.165, 1.54) is 7.11 Å². The Morgan fingerprint density at radius 1 is 0.780 bits per heavy atom. The molecule has 0 atom stereocenters. The molecule has 8 heteroatoms. The second kappa shape index (κ2) is 12.3. The number of para-hydroxylation sites is 1. The summed E-state index contributed by atoms with van der Waals surface area (Å²) >= 11 is 0. The fraction of sp³-hybridized carbons (Fsp3) is 0.152. The Morgan fingerprint density at radius 2 is 1.37 bits per heavy atom. The molecule has 0 saturated heterocycles. The summed E-state index contributed by atoms with van der Waals surface area (Å²) in [6, 6.07) is 29.5. The summed E-state index contributed by atoms with van der Waals surface area (Å²) in [4.78, 5) is 39.5. The Kier molecular flexibility index (Phi) is 8.20. The van der Waals surface area contributed by atoms with Gasteiger partial charge in [0, 0.05) is 22.6 Å². The van der Waals surface area contributed by atoms with Crippen LogP contribution in [0.2, 0.25) is 0 Å². The van der Waals surface area contributed by atoms with E-state index >= 15 is 0 Å². The van der Waals surface area contributed by atoms with Gasteiger partial charge in [-0.3, -0.25) is 14.4 Å². The van der Waals surface area contributed by atoms with Gasteiger partial charge in [-0.15, -0.1) is 0 Å².